The van der Waals surface area contributed by atoms with Crippen LogP contribution in [0.5, 0.6) is 0 Å². The molecule has 0 aliphatic heterocycles. The molecule has 0 fully saturated rings. The minimum Gasteiger partial charge on any atom is -0.0683 e. The summed E-state index contributed by atoms with van der Waals surface area (Å²) in [4.78, 5) is 0. The molecule has 0 bridgehead atoms. The molecule has 0 aromatic heterocycles. The van der Waals surface area contributed by atoms with Crippen LogP contribution in [0.2, 0.25) is 0 Å². The Hall–Kier alpha value is -0.780. The van der Waals surface area contributed by atoms with Gasteiger partial charge in [0.05, 0.1) is 0 Å². The molecule has 0 nitrogen and oxygen atoms in total. The van der Waals surface area contributed by atoms with Crippen molar-refractivity contribution in [2.45, 2.75) is 52.9 Å². The molecule has 0 heterocycles. The van der Waals surface area contributed by atoms with Crippen molar-refractivity contribution >= 4 is 0 Å². The molecule has 78 valence electrons. The van der Waals surface area contributed by atoms with E-state index >= 15 is 0 Å². The second-order valence-corrected chi connectivity index (χ2v) is 3.66. The lowest BCUT2D eigenvalue weighted by Crippen LogP contribution is -1.91. The zero-order valence-electron chi connectivity index (χ0n) is 9.77. The Balaban J connectivity index is 0.000000461. The predicted molar refractivity (Wildman–Crippen MR) is 63.8 cm³/mol. The van der Waals surface area contributed by atoms with Gasteiger partial charge in [-0.3, -0.25) is 0 Å². The van der Waals surface area contributed by atoms with Crippen LogP contribution in [-0.4, -0.2) is 0 Å². The van der Waals surface area contributed by atoms with E-state index in [1.54, 1.807) is 16.7 Å². The van der Waals surface area contributed by atoms with Crippen molar-refractivity contribution in [1.82, 2.24) is 0 Å². The van der Waals surface area contributed by atoms with Gasteiger partial charge in [-0.2, -0.15) is 0 Å². The summed E-state index contributed by atoms with van der Waals surface area (Å²) >= 11 is 0. The van der Waals surface area contributed by atoms with E-state index in [9.17, 15) is 0 Å². The fourth-order valence-electron chi connectivity index (χ4n) is 2.20. The highest BCUT2D eigenvalue weighted by Gasteiger charge is 2.12. The Bertz CT molecular complexity index is 273. The van der Waals surface area contributed by atoms with Crippen molar-refractivity contribution in [3.63, 3.8) is 0 Å². The fourth-order valence-corrected chi connectivity index (χ4v) is 2.20. The van der Waals surface area contributed by atoms with Crippen LogP contribution in [0.3, 0.4) is 0 Å². The van der Waals surface area contributed by atoms with Gasteiger partial charge in [0.2, 0.25) is 0 Å². The van der Waals surface area contributed by atoms with Crippen LogP contribution in [0.1, 0.15) is 50.3 Å². The molecule has 2 rings (SSSR count). The lowest BCUT2D eigenvalue weighted by Gasteiger charge is -2.05. The van der Waals surface area contributed by atoms with Crippen LogP contribution in [0.4, 0.5) is 0 Å². The third kappa shape index (κ3) is 2.37. The molecule has 0 amide bonds. The minimum absolute atomic E-state index is 1.27. The first-order chi connectivity index (χ1) is 6.92. The summed E-state index contributed by atoms with van der Waals surface area (Å²) in [5.74, 6) is 0. The molecule has 14 heavy (non-hydrogen) atoms. The highest BCUT2D eigenvalue weighted by Crippen LogP contribution is 2.25. The lowest BCUT2D eigenvalue weighted by molar-refractivity contribution is 0.880. The summed E-state index contributed by atoms with van der Waals surface area (Å²) in [6.07, 6.45) is 6.55. The van der Waals surface area contributed by atoms with Gasteiger partial charge in [0.1, 0.15) is 0 Å². The largest absolute Gasteiger partial charge is 0.0683 e. The average molecular weight is 190 g/mol. The molecule has 1 aliphatic carbocycles. The molecule has 0 saturated heterocycles. The molecule has 1 aliphatic rings. The van der Waals surface area contributed by atoms with Crippen molar-refractivity contribution in [1.29, 1.82) is 0 Å². The fraction of sp³-hybridized carbons (Fsp3) is 0.571. The van der Waals surface area contributed by atoms with E-state index in [-0.39, 0.29) is 0 Å². The van der Waals surface area contributed by atoms with E-state index < -0.39 is 0 Å². The van der Waals surface area contributed by atoms with Gasteiger partial charge in [0, 0.05) is 0 Å². The number of fused-ring (bicyclic) bond motifs is 1. The van der Waals surface area contributed by atoms with Crippen molar-refractivity contribution < 1.29 is 0 Å². The molecule has 0 radical (unpaired) electrons. The molecule has 0 atom stereocenters. The topological polar surface area (TPSA) is 0 Å². The van der Waals surface area contributed by atoms with Crippen LogP contribution in [0, 0.1) is 0 Å². The van der Waals surface area contributed by atoms with Crippen molar-refractivity contribution in [3.05, 3.63) is 34.9 Å². The molecular formula is C14H22. The van der Waals surface area contributed by atoms with E-state index in [0.29, 0.717) is 0 Å². The van der Waals surface area contributed by atoms with Crippen LogP contribution >= 0.6 is 0 Å². The summed E-state index contributed by atoms with van der Waals surface area (Å²) in [6.45, 7) is 6.26. The van der Waals surface area contributed by atoms with Gasteiger partial charge in [0.15, 0.2) is 0 Å². The molecular weight excluding hydrogens is 168 g/mol. The van der Waals surface area contributed by atoms with Crippen molar-refractivity contribution in [3.8, 4) is 0 Å². The van der Waals surface area contributed by atoms with E-state index in [2.05, 4.69) is 25.1 Å². The molecule has 1 aromatic carbocycles. The monoisotopic (exact) mass is 190 g/mol. The highest BCUT2D eigenvalue weighted by atomic mass is 14.2. The van der Waals surface area contributed by atoms with E-state index in [0.717, 1.165) is 0 Å². The first-order valence-electron chi connectivity index (χ1n) is 6.01. The second kappa shape index (κ2) is 5.85. The smallest absolute Gasteiger partial charge is 0.0270 e. The Morgan fingerprint density at radius 3 is 2.64 bits per heavy atom. The van der Waals surface area contributed by atoms with Crippen molar-refractivity contribution in [2.75, 3.05) is 0 Å². The Labute approximate surface area is 88.4 Å². The summed E-state index contributed by atoms with van der Waals surface area (Å²) in [6, 6.07) is 6.81. The quantitative estimate of drug-likeness (QED) is 0.657. The summed E-state index contributed by atoms with van der Waals surface area (Å²) in [5, 5.41) is 0. The third-order valence-electron chi connectivity index (χ3n) is 2.76. The van der Waals surface area contributed by atoms with Gasteiger partial charge in [0.25, 0.3) is 0 Å². The lowest BCUT2D eigenvalue weighted by atomic mass is 10.0. The van der Waals surface area contributed by atoms with Gasteiger partial charge >= 0.3 is 0 Å². The van der Waals surface area contributed by atoms with E-state index in [4.69, 9.17) is 0 Å². The first-order valence-corrected chi connectivity index (χ1v) is 6.01. The Kier molecular flexibility index (Phi) is 4.72. The van der Waals surface area contributed by atoms with Gasteiger partial charge in [-0.05, 0) is 42.4 Å². The maximum Gasteiger partial charge on any atom is -0.0270 e. The maximum absolute atomic E-state index is 2.30. The number of rotatable bonds is 2. The van der Waals surface area contributed by atoms with Crippen LogP contribution < -0.4 is 0 Å². The van der Waals surface area contributed by atoms with Crippen LogP contribution in [0.15, 0.2) is 18.2 Å². The highest BCUT2D eigenvalue weighted by molar-refractivity contribution is 5.38. The molecule has 0 saturated carbocycles. The normalized spacial score (nSPS) is 13.1. The standard InChI is InChI=1S/C12H16.C2H6/c1-2-5-10-6-3-7-11-8-4-9-12(10)11;1-2/h3,6-7H,2,4-5,8-9H2,1H3;1-2H3. The van der Waals surface area contributed by atoms with E-state index in [1.165, 1.54) is 32.1 Å². The number of hydrogen-bond donors (Lipinski definition) is 0. The molecule has 0 spiro atoms. The van der Waals surface area contributed by atoms with Gasteiger partial charge < -0.3 is 0 Å². The molecule has 0 unspecified atom stereocenters. The third-order valence-corrected chi connectivity index (χ3v) is 2.76. The van der Waals surface area contributed by atoms with Gasteiger partial charge in [-0.1, -0.05) is 45.4 Å². The zero-order valence-corrected chi connectivity index (χ0v) is 9.77. The van der Waals surface area contributed by atoms with Crippen molar-refractivity contribution in [2.24, 2.45) is 0 Å². The Morgan fingerprint density at radius 1 is 1.14 bits per heavy atom. The van der Waals surface area contributed by atoms with E-state index in [1.807, 2.05) is 13.8 Å². The number of hydrogen-bond acceptors (Lipinski definition) is 0. The van der Waals surface area contributed by atoms with Crippen LogP contribution in [-0.2, 0) is 19.3 Å². The Morgan fingerprint density at radius 2 is 1.93 bits per heavy atom. The number of aryl methyl sites for hydroxylation is 2. The second-order valence-electron chi connectivity index (χ2n) is 3.66. The predicted octanol–water partition coefficient (Wildman–Crippen LogP) is 4.15. The number of benzene rings is 1. The summed E-state index contributed by atoms with van der Waals surface area (Å²) in [7, 11) is 0. The van der Waals surface area contributed by atoms with Gasteiger partial charge in [-0.25, -0.2) is 0 Å². The molecule has 1 aromatic rings. The van der Waals surface area contributed by atoms with Crippen LogP contribution in [0.25, 0.3) is 0 Å². The zero-order chi connectivity index (χ0) is 10.4. The average Bonchev–Trinajstić information content (AvgIpc) is 2.70. The van der Waals surface area contributed by atoms with Gasteiger partial charge in [-0.15, -0.1) is 0 Å². The summed E-state index contributed by atoms with van der Waals surface area (Å²) < 4.78 is 0. The SMILES string of the molecule is CC.CCCc1cccc2c1CCC2. The first kappa shape index (κ1) is 11.3. The molecule has 0 heteroatoms. The minimum atomic E-state index is 1.27. The summed E-state index contributed by atoms with van der Waals surface area (Å²) in [5.41, 5.74) is 4.88. The molecule has 0 N–H and O–H groups in total. The maximum atomic E-state index is 2.30.